The topological polar surface area (TPSA) is 83.0 Å². The van der Waals surface area contributed by atoms with Crippen LogP contribution in [0.15, 0.2) is 53.6 Å². The number of nitrogens with zero attached hydrogens (tertiary/aromatic N) is 1. The largest absolute Gasteiger partial charge is 0.508 e. The number of phenolic OH excluding ortho intramolecular Hbond substituents is 1. The summed E-state index contributed by atoms with van der Waals surface area (Å²) in [6.07, 6.45) is 1.46. The second-order valence-electron chi connectivity index (χ2n) is 4.44. The minimum atomic E-state index is -0.290. The highest BCUT2D eigenvalue weighted by molar-refractivity contribution is 5.84. The lowest BCUT2D eigenvalue weighted by Crippen LogP contribution is -2.26. The molecular formula is C16H17N3O3. The van der Waals surface area contributed by atoms with Gasteiger partial charge in [-0.1, -0.05) is 24.3 Å². The zero-order valence-electron chi connectivity index (χ0n) is 12.1. The molecular weight excluding hydrogens is 282 g/mol. The first kappa shape index (κ1) is 15.4. The van der Waals surface area contributed by atoms with E-state index in [-0.39, 0.29) is 18.2 Å². The maximum absolute atomic E-state index is 11.7. The zero-order valence-corrected chi connectivity index (χ0v) is 12.1. The van der Waals surface area contributed by atoms with E-state index in [9.17, 15) is 9.90 Å². The normalized spacial score (nSPS) is 10.4. The van der Waals surface area contributed by atoms with Crippen LogP contribution in [0, 0.1) is 0 Å². The van der Waals surface area contributed by atoms with Crippen molar-refractivity contribution in [3.8, 4) is 11.5 Å². The fraction of sp³-hybridized carbons (Fsp3) is 0.125. The van der Waals surface area contributed by atoms with E-state index in [0.29, 0.717) is 11.3 Å². The number of amides is 1. The first-order chi connectivity index (χ1) is 10.7. The van der Waals surface area contributed by atoms with Gasteiger partial charge < -0.3 is 15.2 Å². The number of ether oxygens (including phenoxy) is 1. The number of hydrogen-bond acceptors (Lipinski definition) is 5. The van der Waals surface area contributed by atoms with E-state index >= 15 is 0 Å². The molecule has 0 aliphatic carbocycles. The van der Waals surface area contributed by atoms with Crippen molar-refractivity contribution in [3.63, 3.8) is 0 Å². The second kappa shape index (κ2) is 7.68. The fourth-order valence-electron chi connectivity index (χ4n) is 1.79. The van der Waals surface area contributed by atoms with Gasteiger partial charge in [0.1, 0.15) is 11.5 Å². The number of methoxy groups -OCH3 is 1. The summed E-state index contributed by atoms with van der Waals surface area (Å²) in [5, 5.41) is 16.1. The van der Waals surface area contributed by atoms with Crippen molar-refractivity contribution >= 4 is 17.8 Å². The SMILES string of the molecule is COc1ccccc1NCC(=O)N/N=C\c1cccc(O)c1. The van der Waals surface area contributed by atoms with Crippen LogP contribution in [0.1, 0.15) is 5.56 Å². The molecule has 0 radical (unpaired) electrons. The second-order valence-corrected chi connectivity index (χ2v) is 4.44. The summed E-state index contributed by atoms with van der Waals surface area (Å²) in [6, 6.07) is 13.9. The zero-order chi connectivity index (χ0) is 15.8. The summed E-state index contributed by atoms with van der Waals surface area (Å²) in [5.74, 6) is 0.522. The predicted octanol–water partition coefficient (Wildman–Crippen LogP) is 1.96. The molecule has 0 bridgehead atoms. The molecule has 1 amide bonds. The van der Waals surface area contributed by atoms with Gasteiger partial charge in [-0.3, -0.25) is 4.79 Å². The molecule has 0 fully saturated rings. The van der Waals surface area contributed by atoms with Gasteiger partial charge in [-0.05, 0) is 29.8 Å². The standard InChI is InChI=1S/C16H17N3O3/c1-22-15-8-3-2-7-14(15)17-11-16(21)19-18-10-12-5-4-6-13(20)9-12/h2-10,17,20H,11H2,1H3,(H,19,21)/b18-10-. The van der Waals surface area contributed by atoms with Crippen molar-refractivity contribution in [2.75, 3.05) is 19.0 Å². The Bertz CT molecular complexity index is 671. The molecule has 22 heavy (non-hydrogen) atoms. The Kier molecular flexibility index (Phi) is 5.37. The lowest BCUT2D eigenvalue weighted by Gasteiger charge is -2.09. The van der Waals surface area contributed by atoms with Gasteiger partial charge in [-0.25, -0.2) is 5.43 Å². The molecule has 0 heterocycles. The molecule has 2 aromatic rings. The molecule has 0 aliphatic heterocycles. The Balaban J connectivity index is 1.83. The third-order valence-corrected chi connectivity index (χ3v) is 2.82. The van der Waals surface area contributed by atoms with E-state index in [1.807, 2.05) is 18.2 Å². The lowest BCUT2D eigenvalue weighted by molar-refractivity contribution is -0.119. The van der Waals surface area contributed by atoms with Crippen molar-refractivity contribution < 1.29 is 14.6 Å². The highest BCUT2D eigenvalue weighted by Crippen LogP contribution is 2.22. The van der Waals surface area contributed by atoms with Gasteiger partial charge in [0, 0.05) is 0 Å². The number of carbonyl (C=O) groups excluding carboxylic acids is 1. The third-order valence-electron chi connectivity index (χ3n) is 2.82. The number of hydrogen-bond donors (Lipinski definition) is 3. The first-order valence-electron chi connectivity index (χ1n) is 6.67. The summed E-state index contributed by atoms with van der Waals surface area (Å²) in [4.78, 5) is 11.7. The molecule has 2 rings (SSSR count). The number of phenols is 1. The van der Waals surface area contributed by atoms with Gasteiger partial charge in [0.05, 0.1) is 25.6 Å². The van der Waals surface area contributed by atoms with Crippen molar-refractivity contribution in [1.29, 1.82) is 0 Å². The number of benzene rings is 2. The predicted molar refractivity (Wildman–Crippen MR) is 85.3 cm³/mol. The fourth-order valence-corrected chi connectivity index (χ4v) is 1.79. The summed E-state index contributed by atoms with van der Waals surface area (Å²) in [7, 11) is 1.57. The summed E-state index contributed by atoms with van der Waals surface area (Å²) in [5.41, 5.74) is 3.83. The van der Waals surface area contributed by atoms with Crippen molar-refractivity contribution in [1.82, 2.24) is 5.43 Å². The Morgan fingerprint density at radius 1 is 1.27 bits per heavy atom. The van der Waals surface area contributed by atoms with Gasteiger partial charge >= 0.3 is 0 Å². The van der Waals surface area contributed by atoms with Crippen LogP contribution in [0.5, 0.6) is 11.5 Å². The van der Waals surface area contributed by atoms with Gasteiger partial charge in [-0.2, -0.15) is 5.10 Å². The average Bonchev–Trinajstić information content (AvgIpc) is 2.53. The number of aromatic hydroxyl groups is 1. The summed E-state index contributed by atoms with van der Waals surface area (Å²) >= 11 is 0. The smallest absolute Gasteiger partial charge is 0.259 e. The van der Waals surface area contributed by atoms with Crippen LogP contribution in [-0.2, 0) is 4.79 Å². The van der Waals surface area contributed by atoms with Gasteiger partial charge in [0.25, 0.3) is 5.91 Å². The molecule has 3 N–H and O–H groups in total. The Morgan fingerprint density at radius 3 is 2.86 bits per heavy atom. The number of para-hydroxylation sites is 2. The molecule has 0 saturated carbocycles. The van der Waals surface area contributed by atoms with Gasteiger partial charge in [0.15, 0.2) is 0 Å². The summed E-state index contributed by atoms with van der Waals surface area (Å²) < 4.78 is 5.18. The first-order valence-corrected chi connectivity index (χ1v) is 6.67. The van der Waals surface area contributed by atoms with Crippen LogP contribution in [0.2, 0.25) is 0 Å². The number of hydrazone groups is 1. The monoisotopic (exact) mass is 299 g/mol. The Hall–Kier alpha value is -3.02. The van der Waals surface area contributed by atoms with Gasteiger partial charge in [-0.15, -0.1) is 0 Å². The highest BCUT2D eigenvalue weighted by Gasteiger charge is 2.03. The quantitative estimate of drug-likeness (QED) is 0.562. The van der Waals surface area contributed by atoms with E-state index in [1.54, 1.807) is 37.4 Å². The molecule has 6 heteroatoms. The molecule has 0 aliphatic rings. The Morgan fingerprint density at radius 2 is 2.09 bits per heavy atom. The molecule has 114 valence electrons. The molecule has 6 nitrogen and oxygen atoms in total. The molecule has 0 spiro atoms. The van der Waals surface area contributed by atoms with E-state index in [4.69, 9.17) is 4.74 Å². The summed E-state index contributed by atoms with van der Waals surface area (Å²) in [6.45, 7) is 0.0672. The number of rotatable bonds is 6. The molecule has 0 unspecified atom stereocenters. The molecule has 0 saturated heterocycles. The highest BCUT2D eigenvalue weighted by atomic mass is 16.5. The van der Waals surface area contributed by atoms with E-state index in [1.165, 1.54) is 6.21 Å². The van der Waals surface area contributed by atoms with Crippen LogP contribution >= 0.6 is 0 Å². The van der Waals surface area contributed by atoms with E-state index in [0.717, 1.165) is 5.69 Å². The molecule has 2 aromatic carbocycles. The minimum Gasteiger partial charge on any atom is -0.508 e. The van der Waals surface area contributed by atoms with Crippen molar-refractivity contribution in [2.45, 2.75) is 0 Å². The van der Waals surface area contributed by atoms with Crippen LogP contribution in [0.25, 0.3) is 0 Å². The van der Waals surface area contributed by atoms with Crippen molar-refractivity contribution in [3.05, 3.63) is 54.1 Å². The maximum atomic E-state index is 11.7. The maximum Gasteiger partial charge on any atom is 0.259 e. The van der Waals surface area contributed by atoms with Gasteiger partial charge in [0.2, 0.25) is 0 Å². The minimum absolute atomic E-state index is 0.0672. The van der Waals surface area contributed by atoms with Crippen LogP contribution < -0.4 is 15.5 Å². The van der Waals surface area contributed by atoms with Crippen LogP contribution in [0.3, 0.4) is 0 Å². The number of carbonyl (C=O) groups is 1. The van der Waals surface area contributed by atoms with Crippen LogP contribution in [-0.4, -0.2) is 30.9 Å². The Labute approximate surface area is 128 Å². The molecule has 0 atom stereocenters. The third kappa shape index (κ3) is 4.52. The van der Waals surface area contributed by atoms with Crippen molar-refractivity contribution in [2.24, 2.45) is 5.10 Å². The molecule has 0 aromatic heterocycles. The number of nitrogens with one attached hydrogen (secondary N) is 2. The number of anilines is 1. The van der Waals surface area contributed by atoms with E-state index < -0.39 is 0 Å². The lowest BCUT2D eigenvalue weighted by atomic mass is 10.2. The average molecular weight is 299 g/mol. The van der Waals surface area contributed by atoms with E-state index in [2.05, 4.69) is 15.8 Å². The van der Waals surface area contributed by atoms with Crippen LogP contribution in [0.4, 0.5) is 5.69 Å².